The lowest BCUT2D eigenvalue weighted by molar-refractivity contribution is -0.132. The topological polar surface area (TPSA) is 35.6 Å². The Morgan fingerprint density at radius 1 is 1.00 bits per heavy atom. The second-order valence-electron chi connectivity index (χ2n) is 10.6. The van der Waals surface area contributed by atoms with Gasteiger partial charge in [0.05, 0.1) is 6.54 Å². The summed E-state index contributed by atoms with van der Waals surface area (Å²) in [6, 6.07) is 0.454. The average Bonchev–Trinajstić information content (AvgIpc) is 2.56. The van der Waals surface area contributed by atoms with Crippen LogP contribution in [0, 0.1) is 29.1 Å². The molecule has 0 heterocycles. The summed E-state index contributed by atoms with van der Waals surface area (Å²) in [7, 11) is 2.16. The van der Waals surface area contributed by atoms with Gasteiger partial charge in [-0.15, -0.1) is 0 Å². The van der Waals surface area contributed by atoms with E-state index in [4.69, 9.17) is 0 Å². The van der Waals surface area contributed by atoms with Crippen LogP contribution in [0.5, 0.6) is 0 Å². The van der Waals surface area contributed by atoms with E-state index in [2.05, 4.69) is 50.1 Å². The van der Waals surface area contributed by atoms with Crippen LogP contribution in [-0.2, 0) is 4.79 Å². The number of rotatable bonds is 10. The van der Waals surface area contributed by atoms with E-state index in [1.807, 2.05) is 0 Å². The highest BCUT2D eigenvalue weighted by atomic mass is 16.2. The average molecular weight is 378 g/mol. The fourth-order valence-electron chi connectivity index (χ4n) is 6.66. The van der Waals surface area contributed by atoms with Crippen molar-refractivity contribution in [2.24, 2.45) is 29.1 Å². The predicted molar refractivity (Wildman–Crippen MR) is 112 cm³/mol. The van der Waals surface area contributed by atoms with E-state index in [-0.39, 0.29) is 11.3 Å². The lowest BCUT2D eigenvalue weighted by atomic mass is 9.54. The van der Waals surface area contributed by atoms with Crippen LogP contribution in [0.3, 0.4) is 0 Å². The van der Waals surface area contributed by atoms with Crippen molar-refractivity contribution in [3.8, 4) is 0 Å². The second-order valence-corrected chi connectivity index (χ2v) is 10.6. The summed E-state index contributed by atoms with van der Waals surface area (Å²) in [6.07, 6.45) is 10.4. The van der Waals surface area contributed by atoms with Gasteiger partial charge in [0.25, 0.3) is 0 Å². The van der Waals surface area contributed by atoms with E-state index in [1.54, 1.807) is 0 Å². The number of hydrogen-bond acceptors (Lipinski definition) is 3. The molecule has 4 aliphatic carbocycles. The summed E-state index contributed by atoms with van der Waals surface area (Å²) in [4.78, 5) is 12.9. The van der Waals surface area contributed by atoms with E-state index >= 15 is 0 Å². The van der Waals surface area contributed by atoms with Crippen molar-refractivity contribution in [2.75, 3.05) is 26.7 Å². The zero-order chi connectivity index (χ0) is 19.6. The molecule has 4 saturated carbocycles. The predicted octanol–water partition coefficient (Wildman–Crippen LogP) is 4.31. The fourth-order valence-corrected chi connectivity index (χ4v) is 6.66. The Hall–Kier alpha value is -0.610. The molecule has 0 atom stereocenters. The Kier molecular flexibility index (Phi) is 6.89. The summed E-state index contributed by atoms with van der Waals surface area (Å²) < 4.78 is 0. The molecular formula is C23H43N3O. The highest BCUT2D eigenvalue weighted by molar-refractivity contribution is 5.78. The number of nitrogens with one attached hydrogen (secondary N) is 1. The van der Waals surface area contributed by atoms with Crippen molar-refractivity contribution >= 4 is 5.91 Å². The van der Waals surface area contributed by atoms with Crippen molar-refractivity contribution in [1.29, 1.82) is 0 Å². The molecule has 156 valence electrons. The maximum absolute atomic E-state index is 12.9. The van der Waals surface area contributed by atoms with Crippen molar-refractivity contribution in [2.45, 2.75) is 85.1 Å². The molecule has 0 saturated heterocycles. The van der Waals surface area contributed by atoms with Gasteiger partial charge in [-0.3, -0.25) is 4.79 Å². The van der Waals surface area contributed by atoms with Gasteiger partial charge in [-0.05, 0) is 74.0 Å². The first kappa shape index (κ1) is 21.1. The van der Waals surface area contributed by atoms with E-state index < -0.39 is 0 Å². The number of carbonyl (C=O) groups excluding carboxylic acids is 1. The molecule has 4 aliphatic rings. The Morgan fingerprint density at radius 3 is 2.11 bits per heavy atom. The molecule has 1 amide bonds. The van der Waals surface area contributed by atoms with E-state index in [1.165, 1.54) is 44.9 Å². The van der Waals surface area contributed by atoms with Gasteiger partial charge >= 0.3 is 0 Å². The highest BCUT2D eigenvalue weighted by Crippen LogP contribution is 2.53. The molecule has 0 spiro atoms. The third-order valence-corrected chi connectivity index (χ3v) is 7.43. The van der Waals surface area contributed by atoms with Gasteiger partial charge in [0.15, 0.2) is 0 Å². The molecule has 0 unspecified atom stereocenters. The van der Waals surface area contributed by atoms with E-state index in [0.29, 0.717) is 12.6 Å². The minimum Gasteiger partial charge on any atom is -0.352 e. The highest BCUT2D eigenvalue weighted by Gasteiger charge is 2.48. The van der Waals surface area contributed by atoms with Gasteiger partial charge in [-0.2, -0.15) is 0 Å². The number of amides is 1. The first-order valence-electron chi connectivity index (χ1n) is 11.6. The minimum atomic E-state index is 0.237. The molecule has 4 rings (SSSR count). The fraction of sp³-hybridized carbons (Fsp3) is 0.957. The van der Waals surface area contributed by atoms with Gasteiger partial charge in [0.1, 0.15) is 0 Å². The number of hydrogen-bond donors (Lipinski definition) is 1. The molecule has 4 heteroatoms. The lowest BCUT2D eigenvalue weighted by Crippen LogP contribution is -2.58. The number of hydrazine groups is 1. The normalized spacial score (nSPS) is 32.5. The first-order valence-corrected chi connectivity index (χ1v) is 11.6. The first-order chi connectivity index (χ1) is 12.8. The van der Waals surface area contributed by atoms with Crippen LogP contribution in [0.2, 0.25) is 0 Å². The van der Waals surface area contributed by atoms with Crippen molar-refractivity contribution in [3.63, 3.8) is 0 Å². The van der Waals surface area contributed by atoms with Gasteiger partial charge in [-0.25, -0.2) is 10.0 Å². The van der Waals surface area contributed by atoms with E-state index in [9.17, 15) is 4.79 Å². The number of nitrogens with zero attached hydrogens (tertiary/aromatic N) is 2. The summed E-state index contributed by atoms with van der Waals surface area (Å²) >= 11 is 0. The molecular weight excluding hydrogens is 334 g/mol. The quantitative estimate of drug-likeness (QED) is 0.576. The van der Waals surface area contributed by atoms with Crippen LogP contribution < -0.4 is 5.32 Å². The van der Waals surface area contributed by atoms with Crippen LogP contribution in [-0.4, -0.2) is 48.6 Å². The Balaban J connectivity index is 1.54. The van der Waals surface area contributed by atoms with Crippen LogP contribution in [0.4, 0.5) is 0 Å². The molecule has 4 bridgehead atoms. The van der Waals surface area contributed by atoms with Gasteiger partial charge in [0, 0.05) is 26.2 Å². The molecule has 0 radical (unpaired) electrons. The maximum Gasteiger partial charge on any atom is 0.235 e. The SMILES string of the molecule is CCCN(CC(=O)NC1C2CC3CC(C2)CC1C3)N(C)CC(C)(C)CCC. The maximum atomic E-state index is 12.9. The largest absolute Gasteiger partial charge is 0.352 e. The third kappa shape index (κ3) is 5.26. The summed E-state index contributed by atoms with van der Waals surface area (Å²) in [5.41, 5.74) is 0.285. The molecule has 4 fully saturated rings. The van der Waals surface area contributed by atoms with Crippen LogP contribution in [0.1, 0.15) is 79.1 Å². The van der Waals surface area contributed by atoms with Crippen LogP contribution in [0.15, 0.2) is 0 Å². The van der Waals surface area contributed by atoms with Gasteiger partial charge < -0.3 is 5.32 Å². The van der Waals surface area contributed by atoms with E-state index in [0.717, 1.165) is 43.2 Å². The van der Waals surface area contributed by atoms with Crippen molar-refractivity contribution in [1.82, 2.24) is 15.3 Å². The Bertz CT molecular complexity index is 476. The van der Waals surface area contributed by atoms with Crippen molar-refractivity contribution in [3.05, 3.63) is 0 Å². The summed E-state index contributed by atoms with van der Waals surface area (Å²) in [5, 5.41) is 8.05. The standard InChI is InChI=1S/C23H43N3O/c1-6-8-23(3,4)16-25(5)26(9-7-2)15-21(27)24-22-19-11-17-10-18(13-19)14-20(22)12-17/h17-20,22H,6-16H2,1-5H3,(H,24,27). The monoisotopic (exact) mass is 377 g/mol. The molecule has 0 aromatic heterocycles. The van der Waals surface area contributed by atoms with Gasteiger partial charge in [-0.1, -0.05) is 34.1 Å². The van der Waals surface area contributed by atoms with Gasteiger partial charge in [0.2, 0.25) is 5.91 Å². The molecule has 0 aromatic rings. The molecule has 0 aliphatic heterocycles. The summed E-state index contributed by atoms with van der Waals surface area (Å²) in [6.45, 7) is 11.6. The smallest absolute Gasteiger partial charge is 0.235 e. The number of carbonyl (C=O) groups is 1. The molecule has 4 nitrogen and oxygen atoms in total. The third-order valence-electron chi connectivity index (χ3n) is 7.43. The Labute approximate surface area is 167 Å². The second kappa shape index (κ2) is 8.82. The van der Waals surface area contributed by atoms with Crippen molar-refractivity contribution < 1.29 is 4.79 Å². The van der Waals surface area contributed by atoms with Crippen LogP contribution in [0.25, 0.3) is 0 Å². The van der Waals surface area contributed by atoms with Crippen LogP contribution >= 0.6 is 0 Å². The minimum absolute atomic E-state index is 0.237. The Morgan fingerprint density at radius 2 is 1.59 bits per heavy atom. The summed E-state index contributed by atoms with van der Waals surface area (Å²) in [5.74, 6) is 3.67. The molecule has 0 aromatic carbocycles. The lowest BCUT2D eigenvalue weighted by Gasteiger charge is -2.54. The zero-order valence-electron chi connectivity index (χ0n) is 18.5. The molecule has 1 N–H and O–H groups in total. The zero-order valence-corrected chi connectivity index (χ0v) is 18.5. The molecule has 27 heavy (non-hydrogen) atoms.